The molecule has 2 nitrogen and oxygen atoms in total. The standard InChI is InChI=1S/C13H17NO/c15-10-12-7-4-8-14-13(12)9-11-5-2-1-3-6-11/h1-3,5-7,13-15H,4,8-10H2. The van der Waals surface area contributed by atoms with Gasteiger partial charge in [-0.1, -0.05) is 36.4 Å². The summed E-state index contributed by atoms with van der Waals surface area (Å²) in [6, 6.07) is 10.7. The highest BCUT2D eigenvalue weighted by atomic mass is 16.3. The first-order valence-electron chi connectivity index (χ1n) is 5.47. The van der Waals surface area contributed by atoms with Crippen molar-refractivity contribution in [1.29, 1.82) is 0 Å². The Labute approximate surface area is 90.6 Å². The van der Waals surface area contributed by atoms with Crippen molar-refractivity contribution in [2.24, 2.45) is 0 Å². The normalized spacial score (nSPS) is 21.1. The predicted molar refractivity (Wildman–Crippen MR) is 61.7 cm³/mol. The predicted octanol–water partition coefficient (Wildman–Crippen LogP) is 1.51. The molecular weight excluding hydrogens is 186 g/mol. The molecule has 80 valence electrons. The molecule has 0 spiro atoms. The van der Waals surface area contributed by atoms with Gasteiger partial charge in [0, 0.05) is 6.04 Å². The van der Waals surface area contributed by atoms with Crippen molar-refractivity contribution < 1.29 is 5.11 Å². The van der Waals surface area contributed by atoms with Gasteiger partial charge in [0.05, 0.1) is 6.61 Å². The summed E-state index contributed by atoms with van der Waals surface area (Å²) in [5.74, 6) is 0. The molecule has 0 saturated heterocycles. The minimum Gasteiger partial charge on any atom is -0.392 e. The average molecular weight is 203 g/mol. The second kappa shape index (κ2) is 5.10. The summed E-state index contributed by atoms with van der Waals surface area (Å²) in [4.78, 5) is 0. The third-order valence-electron chi connectivity index (χ3n) is 2.85. The van der Waals surface area contributed by atoms with Crippen LogP contribution >= 0.6 is 0 Å². The highest BCUT2D eigenvalue weighted by Crippen LogP contribution is 2.13. The molecule has 2 N–H and O–H groups in total. The third kappa shape index (κ3) is 2.67. The zero-order valence-electron chi connectivity index (χ0n) is 8.82. The van der Waals surface area contributed by atoms with Gasteiger partial charge in [0.25, 0.3) is 0 Å². The van der Waals surface area contributed by atoms with E-state index in [9.17, 15) is 5.11 Å². The molecule has 1 aliphatic heterocycles. The van der Waals surface area contributed by atoms with Crippen LogP contribution in [0.25, 0.3) is 0 Å². The number of aliphatic hydroxyl groups is 1. The Morgan fingerprint density at radius 3 is 2.80 bits per heavy atom. The molecule has 1 aromatic carbocycles. The monoisotopic (exact) mass is 203 g/mol. The number of nitrogens with one attached hydrogen (secondary N) is 1. The molecule has 0 bridgehead atoms. The summed E-state index contributed by atoms with van der Waals surface area (Å²) < 4.78 is 0. The maximum Gasteiger partial charge on any atom is 0.0656 e. The lowest BCUT2D eigenvalue weighted by molar-refractivity contribution is 0.311. The van der Waals surface area contributed by atoms with E-state index in [4.69, 9.17) is 0 Å². The van der Waals surface area contributed by atoms with Crippen LogP contribution in [0.1, 0.15) is 12.0 Å². The van der Waals surface area contributed by atoms with Gasteiger partial charge < -0.3 is 10.4 Å². The van der Waals surface area contributed by atoms with Gasteiger partial charge in [-0.15, -0.1) is 0 Å². The van der Waals surface area contributed by atoms with Crippen molar-refractivity contribution in [2.75, 3.05) is 13.2 Å². The molecule has 0 aromatic heterocycles. The molecule has 1 atom stereocenters. The molecule has 0 saturated carbocycles. The number of aliphatic hydroxyl groups excluding tert-OH is 1. The third-order valence-corrected chi connectivity index (χ3v) is 2.85. The summed E-state index contributed by atoms with van der Waals surface area (Å²) in [5, 5.41) is 12.7. The van der Waals surface area contributed by atoms with Crippen molar-refractivity contribution in [1.82, 2.24) is 5.32 Å². The molecule has 0 amide bonds. The van der Waals surface area contributed by atoms with Crippen molar-refractivity contribution in [3.8, 4) is 0 Å². The maximum absolute atomic E-state index is 9.23. The highest BCUT2D eigenvalue weighted by Gasteiger charge is 2.16. The van der Waals surface area contributed by atoms with Crippen LogP contribution in [0.2, 0.25) is 0 Å². The van der Waals surface area contributed by atoms with Gasteiger partial charge in [0.2, 0.25) is 0 Å². The Hall–Kier alpha value is -1.12. The van der Waals surface area contributed by atoms with E-state index in [1.807, 2.05) is 6.07 Å². The Morgan fingerprint density at radius 1 is 1.27 bits per heavy atom. The topological polar surface area (TPSA) is 32.3 Å². The molecule has 0 fully saturated rings. The summed E-state index contributed by atoms with van der Waals surface area (Å²) in [7, 11) is 0. The largest absolute Gasteiger partial charge is 0.392 e. The number of hydrogen-bond donors (Lipinski definition) is 2. The smallest absolute Gasteiger partial charge is 0.0656 e. The SMILES string of the molecule is OCC1=CCCNC1Cc1ccccc1. The second-order valence-corrected chi connectivity index (χ2v) is 3.92. The first kappa shape index (κ1) is 10.4. The van der Waals surface area contributed by atoms with Crippen LogP contribution in [0.3, 0.4) is 0 Å². The van der Waals surface area contributed by atoms with E-state index in [0.29, 0.717) is 6.04 Å². The van der Waals surface area contributed by atoms with Crippen LogP contribution in [0.5, 0.6) is 0 Å². The van der Waals surface area contributed by atoms with Crippen LogP contribution in [-0.4, -0.2) is 24.3 Å². The Bertz CT molecular complexity index is 332. The van der Waals surface area contributed by atoms with E-state index in [1.165, 1.54) is 5.56 Å². The fourth-order valence-corrected chi connectivity index (χ4v) is 2.02. The van der Waals surface area contributed by atoms with E-state index in [-0.39, 0.29) is 6.61 Å². The minimum atomic E-state index is 0.171. The van der Waals surface area contributed by atoms with Gasteiger partial charge in [-0.3, -0.25) is 0 Å². The van der Waals surface area contributed by atoms with Crippen molar-refractivity contribution in [3.63, 3.8) is 0 Å². The molecule has 15 heavy (non-hydrogen) atoms. The van der Waals surface area contributed by atoms with E-state index in [0.717, 1.165) is 25.0 Å². The molecule has 0 aliphatic carbocycles. The Balaban J connectivity index is 2.05. The van der Waals surface area contributed by atoms with Crippen LogP contribution in [0.4, 0.5) is 0 Å². The Kier molecular flexibility index (Phi) is 3.54. The highest BCUT2D eigenvalue weighted by molar-refractivity contribution is 5.22. The van der Waals surface area contributed by atoms with Crippen molar-refractivity contribution >= 4 is 0 Å². The molecule has 1 heterocycles. The van der Waals surface area contributed by atoms with Gasteiger partial charge in [0.15, 0.2) is 0 Å². The van der Waals surface area contributed by atoms with E-state index in [2.05, 4.69) is 35.7 Å². The van der Waals surface area contributed by atoms with Gasteiger partial charge in [-0.2, -0.15) is 0 Å². The lowest BCUT2D eigenvalue weighted by Crippen LogP contribution is -2.37. The number of benzene rings is 1. The summed E-state index contributed by atoms with van der Waals surface area (Å²) in [6.45, 7) is 1.19. The quantitative estimate of drug-likeness (QED) is 0.730. The van der Waals surface area contributed by atoms with E-state index in [1.54, 1.807) is 0 Å². The van der Waals surface area contributed by atoms with Crippen molar-refractivity contribution in [2.45, 2.75) is 18.9 Å². The minimum absolute atomic E-state index is 0.171. The van der Waals surface area contributed by atoms with Crippen LogP contribution in [-0.2, 0) is 6.42 Å². The van der Waals surface area contributed by atoms with Crippen LogP contribution in [0.15, 0.2) is 42.0 Å². The Morgan fingerprint density at radius 2 is 2.07 bits per heavy atom. The number of hydrogen-bond acceptors (Lipinski definition) is 2. The zero-order chi connectivity index (χ0) is 10.5. The van der Waals surface area contributed by atoms with Crippen LogP contribution < -0.4 is 5.32 Å². The summed E-state index contributed by atoms with van der Waals surface area (Å²) >= 11 is 0. The maximum atomic E-state index is 9.23. The molecule has 1 unspecified atom stereocenters. The average Bonchev–Trinajstić information content (AvgIpc) is 2.31. The first-order chi connectivity index (χ1) is 7.40. The molecular formula is C13H17NO. The molecule has 1 aromatic rings. The summed E-state index contributed by atoms with van der Waals surface area (Å²) in [6.07, 6.45) is 4.15. The van der Waals surface area contributed by atoms with Gasteiger partial charge in [-0.25, -0.2) is 0 Å². The van der Waals surface area contributed by atoms with Gasteiger partial charge in [-0.05, 0) is 30.5 Å². The fourth-order valence-electron chi connectivity index (χ4n) is 2.02. The molecule has 2 rings (SSSR count). The van der Waals surface area contributed by atoms with Gasteiger partial charge in [0.1, 0.15) is 0 Å². The second-order valence-electron chi connectivity index (χ2n) is 3.92. The zero-order valence-corrected chi connectivity index (χ0v) is 8.82. The first-order valence-corrected chi connectivity index (χ1v) is 5.47. The molecule has 1 aliphatic rings. The molecule has 0 radical (unpaired) electrons. The lowest BCUT2D eigenvalue weighted by atomic mass is 9.96. The molecule has 2 heteroatoms. The van der Waals surface area contributed by atoms with Gasteiger partial charge >= 0.3 is 0 Å². The van der Waals surface area contributed by atoms with Crippen LogP contribution in [0, 0.1) is 0 Å². The van der Waals surface area contributed by atoms with Crippen molar-refractivity contribution in [3.05, 3.63) is 47.5 Å². The summed E-state index contributed by atoms with van der Waals surface area (Å²) in [5.41, 5.74) is 2.45. The number of rotatable bonds is 3. The van der Waals surface area contributed by atoms with E-state index >= 15 is 0 Å². The fraction of sp³-hybridized carbons (Fsp3) is 0.385. The lowest BCUT2D eigenvalue weighted by Gasteiger charge is -2.24. The van der Waals surface area contributed by atoms with E-state index < -0.39 is 0 Å².